The fourth-order valence-corrected chi connectivity index (χ4v) is 0.774. The van der Waals surface area contributed by atoms with Gasteiger partial charge in [0.15, 0.2) is 0 Å². The van der Waals surface area contributed by atoms with E-state index in [0.717, 1.165) is 5.69 Å². The summed E-state index contributed by atoms with van der Waals surface area (Å²) in [7, 11) is 0. The van der Waals surface area contributed by atoms with Crippen LogP contribution in [0.3, 0.4) is 0 Å². The number of hydrogen-bond acceptors (Lipinski definition) is 2. The second-order valence-electron chi connectivity index (χ2n) is 2.29. The number of benzene rings is 1. The zero-order valence-corrected chi connectivity index (χ0v) is 8.97. The molecule has 0 heterocycles. The van der Waals surface area contributed by atoms with Gasteiger partial charge < -0.3 is 11.9 Å². The summed E-state index contributed by atoms with van der Waals surface area (Å²) in [6, 6.07) is 5.95. The van der Waals surface area contributed by atoms with Crippen molar-refractivity contribution in [2.24, 2.45) is 0 Å². The average Bonchev–Trinajstić information content (AvgIpc) is 1.83. The normalized spacial score (nSPS) is 7.17. The number of rotatable bonds is 0. The van der Waals surface area contributed by atoms with Gasteiger partial charge >= 0.3 is 0 Å². The summed E-state index contributed by atoms with van der Waals surface area (Å²) in [6.07, 6.45) is 0. The highest BCUT2D eigenvalue weighted by Crippen LogP contribution is 2.13. The molecule has 0 atom stereocenters. The highest BCUT2D eigenvalue weighted by Gasteiger charge is 1.92. The summed E-state index contributed by atoms with van der Waals surface area (Å²) in [4.78, 5) is 0. The Balaban J connectivity index is -0.000000270. The van der Waals surface area contributed by atoms with Crippen LogP contribution in [0.2, 0.25) is 0 Å². The van der Waals surface area contributed by atoms with Crippen molar-refractivity contribution in [2.75, 3.05) is 5.73 Å². The van der Waals surface area contributed by atoms with Crippen molar-refractivity contribution >= 4 is 30.5 Å². The van der Waals surface area contributed by atoms with Crippen LogP contribution in [0.1, 0.15) is 11.1 Å². The van der Waals surface area contributed by atoms with Crippen LogP contribution in [0.5, 0.6) is 0 Å². The Labute approximate surface area is 85.9 Å². The molecule has 0 aliphatic carbocycles. The fourth-order valence-electron chi connectivity index (χ4n) is 0.774. The van der Waals surface area contributed by atoms with E-state index in [9.17, 15) is 0 Å². The lowest BCUT2D eigenvalue weighted by atomic mass is 10.1. The van der Waals surface area contributed by atoms with Crippen molar-refractivity contribution in [1.82, 2.24) is 6.15 Å². The van der Waals surface area contributed by atoms with Gasteiger partial charge in [0.1, 0.15) is 0 Å². The van der Waals surface area contributed by atoms with Gasteiger partial charge in [0.05, 0.1) is 0 Å². The maximum atomic E-state index is 5.62. The van der Waals surface area contributed by atoms with E-state index in [1.165, 1.54) is 11.1 Å². The SMILES string of the molecule is Cc1cccc(N)c1C.Cl.Cl.N. The molecule has 5 N–H and O–H groups in total. The number of halogens is 2. The first-order valence-corrected chi connectivity index (χ1v) is 3.03. The zero-order valence-electron chi connectivity index (χ0n) is 7.33. The largest absolute Gasteiger partial charge is 0.399 e. The fraction of sp³-hybridized carbons (Fsp3) is 0.250. The predicted molar refractivity (Wildman–Crippen MR) is 59.8 cm³/mol. The summed E-state index contributed by atoms with van der Waals surface area (Å²) in [5.74, 6) is 0. The third kappa shape index (κ3) is 3.81. The molecule has 0 amide bonds. The third-order valence-corrected chi connectivity index (χ3v) is 1.65. The van der Waals surface area contributed by atoms with Crippen LogP contribution >= 0.6 is 24.8 Å². The summed E-state index contributed by atoms with van der Waals surface area (Å²) in [5.41, 5.74) is 8.96. The number of aryl methyl sites for hydroxylation is 1. The van der Waals surface area contributed by atoms with Crippen LogP contribution in [0.15, 0.2) is 18.2 Å². The average molecular weight is 211 g/mol. The van der Waals surface area contributed by atoms with Gasteiger partial charge in [-0.15, -0.1) is 24.8 Å². The maximum absolute atomic E-state index is 5.62. The monoisotopic (exact) mass is 210 g/mol. The zero-order chi connectivity index (χ0) is 6.85. The van der Waals surface area contributed by atoms with Crippen LogP contribution < -0.4 is 11.9 Å². The lowest BCUT2D eigenvalue weighted by Gasteiger charge is -2.00. The molecule has 0 spiro atoms. The second-order valence-corrected chi connectivity index (χ2v) is 2.29. The van der Waals surface area contributed by atoms with Gasteiger partial charge in [-0.3, -0.25) is 0 Å². The number of nitrogen functional groups attached to an aromatic ring is 1. The first-order valence-electron chi connectivity index (χ1n) is 3.03. The molecule has 2 nitrogen and oxygen atoms in total. The van der Waals surface area contributed by atoms with E-state index in [2.05, 4.69) is 13.0 Å². The van der Waals surface area contributed by atoms with Crippen LogP contribution in [0.25, 0.3) is 0 Å². The van der Waals surface area contributed by atoms with Crippen molar-refractivity contribution in [2.45, 2.75) is 13.8 Å². The summed E-state index contributed by atoms with van der Waals surface area (Å²) < 4.78 is 0. The van der Waals surface area contributed by atoms with E-state index in [0.29, 0.717) is 0 Å². The van der Waals surface area contributed by atoms with Gasteiger partial charge in [-0.25, -0.2) is 0 Å². The van der Waals surface area contributed by atoms with Gasteiger partial charge in [0.25, 0.3) is 0 Å². The van der Waals surface area contributed by atoms with Gasteiger partial charge in [-0.05, 0) is 31.0 Å². The molecule has 4 heteroatoms. The third-order valence-electron chi connectivity index (χ3n) is 1.65. The van der Waals surface area contributed by atoms with Gasteiger partial charge in [-0.2, -0.15) is 0 Å². The van der Waals surface area contributed by atoms with E-state index in [1.54, 1.807) is 0 Å². The lowest BCUT2D eigenvalue weighted by molar-refractivity contribution is 1.35. The van der Waals surface area contributed by atoms with Crippen LogP contribution in [-0.4, -0.2) is 0 Å². The quantitative estimate of drug-likeness (QED) is 0.648. The summed E-state index contributed by atoms with van der Waals surface area (Å²) >= 11 is 0. The molecule has 0 aliphatic rings. The number of anilines is 1. The minimum atomic E-state index is 0. The maximum Gasteiger partial charge on any atom is 0.0346 e. The number of nitrogens with two attached hydrogens (primary N) is 1. The Morgan fingerprint density at radius 3 is 1.92 bits per heavy atom. The Bertz CT molecular complexity index is 206. The van der Waals surface area contributed by atoms with E-state index >= 15 is 0 Å². The Kier molecular flexibility index (Phi) is 10.6. The molecule has 72 valence electrons. The van der Waals surface area contributed by atoms with Crippen molar-refractivity contribution in [3.63, 3.8) is 0 Å². The molecular weight excluding hydrogens is 195 g/mol. The summed E-state index contributed by atoms with van der Waals surface area (Å²) in [5, 5.41) is 0. The molecule has 12 heavy (non-hydrogen) atoms. The molecule has 1 rings (SSSR count). The van der Waals surface area contributed by atoms with Crippen molar-refractivity contribution in [3.05, 3.63) is 29.3 Å². The highest BCUT2D eigenvalue weighted by molar-refractivity contribution is 5.85. The molecule has 1 aromatic carbocycles. The molecule has 0 saturated heterocycles. The molecule has 1 aromatic rings. The minimum absolute atomic E-state index is 0. The molecule has 0 bridgehead atoms. The lowest BCUT2D eigenvalue weighted by Crippen LogP contribution is -1.90. The van der Waals surface area contributed by atoms with Crippen LogP contribution in [0, 0.1) is 13.8 Å². The molecular formula is C8H16Cl2N2. The van der Waals surface area contributed by atoms with Gasteiger partial charge in [0.2, 0.25) is 0 Å². The second kappa shape index (κ2) is 7.22. The molecule has 0 aromatic heterocycles. The van der Waals surface area contributed by atoms with E-state index in [-0.39, 0.29) is 31.0 Å². The highest BCUT2D eigenvalue weighted by atomic mass is 35.5. The number of hydrogen-bond donors (Lipinski definition) is 2. The molecule has 0 fully saturated rings. The minimum Gasteiger partial charge on any atom is -0.399 e. The molecule has 0 unspecified atom stereocenters. The van der Waals surface area contributed by atoms with Crippen molar-refractivity contribution < 1.29 is 0 Å². The Hall–Kier alpha value is -0.440. The summed E-state index contributed by atoms with van der Waals surface area (Å²) in [6.45, 7) is 4.09. The van der Waals surface area contributed by atoms with Gasteiger partial charge in [0, 0.05) is 5.69 Å². The molecule has 0 aliphatic heterocycles. The smallest absolute Gasteiger partial charge is 0.0346 e. The predicted octanol–water partition coefficient (Wildman–Crippen LogP) is 2.89. The van der Waals surface area contributed by atoms with E-state index in [1.807, 2.05) is 19.1 Å². The van der Waals surface area contributed by atoms with Crippen molar-refractivity contribution in [1.29, 1.82) is 0 Å². The van der Waals surface area contributed by atoms with Crippen LogP contribution in [0.4, 0.5) is 5.69 Å². The topological polar surface area (TPSA) is 61.0 Å². The van der Waals surface area contributed by atoms with Gasteiger partial charge in [-0.1, -0.05) is 12.1 Å². The van der Waals surface area contributed by atoms with E-state index < -0.39 is 0 Å². The molecule has 0 radical (unpaired) electrons. The van der Waals surface area contributed by atoms with Crippen LogP contribution in [-0.2, 0) is 0 Å². The first kappa shape index (κ1) is 17.6. The van der Waals surface area contributed by atoms with Crippen molar-refractivity contribution in [3.8, 4) is 0 Å². The first-order chi connectivity index (χ1) is 4.22. The Morgan fingerprint density at radius 1 is 1.08 bits per heavy atom. The Morgan fingerprint density at radius 2 is 1.58 bits per heavy atom. The molecule has 0 saturated carbocycles. The van der Waals surface area contributed by atoms with E-state index in [4.69, 9.17) is 5.73 Å². The standard InChI is InChI=1S/C8H11N.2ClH.H3N/c1-6-4-3-5-8(9)7(6)2;;;/h3-5H,9H2,1-2H3;2*1H;1H3.